The minimum atomic E-state index is -1.02. The van der Waals surface area contributed by atoms with E-state index < -0.39 is 31.0 Å². The van der Waals surface area contributed by atoms with Crippen LogP contribution in [0.2, 0.25) is 0 Å². The van der Waals surface area contributed by atoms with E-state index in [2.05, 4.69) is 0 Å². The molecule has 0 rings (SSSR count). The van der Waals surface area contributed by atoms with E-state index in [0.717, 1.165) is 19.3 Å². The summed E-state index contributed by atoms with van der Waals surface area (Å²) >= 11 is 0. The topological polar surface area (TPSA) is 127 Å². The van der Waals surface area contributed by atoms with E-state index >= 15 is 0 Å². The van der Waals surface area contributed by atoms with Crippen molar-refractivity contribution in [1.29, 1.82) is 0 Å². The van der Waals surface area contributed by atoms with E-state index in [0.29, 0.717) is 19.3 Å². The van der Waals surface area contributed by atoms with Crippen molar-refractivity contribution in [2.75, 3.05) is 13.2 Å². The molecular weight excluding hydrogens is 412 g/mol. The summed E-state index contributed by atoms with van der Waals surface area (Å²) in [7, 11) is 0. The zero-order chi connectivity index (χ0) is 24.0. The fourth-order valence-corrected chi connectivity index (χ4v) is 2.44. The second kappa shape index (κ2) is 20.8. The molecule has 4 unspecified atom stereocenters. The molecule has 0 saturated heterocycles. The molecule has 0 aliphatic carbocycles. The van der Waals surface area contributed by atoms with E-state index in [9.17, 15) is 20.1 Å². The molecule has 5 N–H and O–H groups in total. The first-order valence-corrected chi connectivity index (χ1v) is 11.2. The summed E-state index contributed by atoms with van der Waals surface area (Å²) in [5.74, 6) is -0.373. The second-order valence-electron chi connectivity index (χ2n) is 7.43. The number of carbonyl (C=O) groups is 1. The molecular formula is C25H40O7. The number of esters is 1. The van der Waals surface area contributed by atoms with Gasteiger partial charge < -0.3 is 30.3 Å². The third-order valence-electron chi connectivity index (χ3n) is 4.38. The summed E-state index contributed by atoms with van der Waals surface area (Å²) in [5, 5.41) is 46.9. The number of aliphatic hydroxyl groups is 5. The number of allylic oxidation sites excluding steroid dienone is 7. The van der Waals surface area contributed by atoms with Crippen LogP contribution in [0.15, 0.2) is 60.8 Å². The lowest BCUT2D eigenvalue weighted by Crippen LogP contribution is -2.21. The third kappa shape index (κ3) is 19.9. The average molecular weight is 453 g/mol. The van der Waals surface area contributed by atoms with Gasteiger partial charge >= 0.3 is 5.97 Å². The molecule has 0 saturated carbocycles. The summed E-state index contributed by atoms with van der Waals surface area (Å²) in [4.78, 5) is 11.4. The number of rotatable bonds is 18. The van der Waals surface area contributed by atoms with Gasteiger partial charge in [0, 0.05) is 12.8 Å². The van der Waals surface area contributed by atoms with E-state index in [-0.39, 0.29) is 19.0 Å². The Labute approximate surface area is 191 Å². The Bertz CT molecular complexity index is 607. The van der Waals surface area contributed by atoms with Crippen LogP contribution in [0, 0.1) is 0 Å². The smallest absolute Gasteiger partial charge is 0.305 e. The van der Waals surface area contributed by atoms with E-state index in [1.54, 1.807) is 48.6 Å². The van der Waals surface area contributed by atoms with Crippen LogP contribution in [-0.4, -0.2) is 69.1 Å². The molecule has 4 atom stereocenters. The van der Waals surface area contributed by atoms with Crippen molar-refractivity contribution in [3.8, 4) is 0 Å². The number of hydrogen-bond donors (Lipinski definition) is 5. The zero-order valence-corrected chi connectivity index (χ0v) is 19.0. The molecule has 0 aromatic heterocycles. The summed E-state index contributed by atoms with van der Waals surface area (Å²) < 4.78 is 4.82. The molecule has 0 aliphatic rings. The lowest BCUT2D eigenvalue weighted by atomic mass is 10.1. The van der Waals surface area contributed by atoms with Crippen LogP contribution in [0.1, 0.15) is 51.9 Å². The van der Waals surface area contributed by atoms with Crippen LogP contribution >= 0.6 is 0 Å². The van der Waals surface area contributed by atoms with Crippen molar-refractivity contribution in [2.45, 2.75) is 76.3 Å². The Morgan fingerprint density at radius 2 is 1.41 bits per heavy atom. The predicted molar refractivity (Wildman–Crippen MR) is 126 cm³/mol. The largest absolute Gasteiger partial charge is 0.463 e. The lowest BCUT2D eigenvalue weighted by molar-refractivity contribution is -0.147. The molecule has 0 aromatic rings. The molecule has 182 valence electrons. The molecule has 0 aliphatic heterocycles. The molecule has 0 heterocycles. The van der Waals surface area contributed by atoms with Gasteiger partial charge in [-0.15, -0.1) is 0 Å². The Morgan fingerprint density at radius 3 is 2.00 bits per heavy atom. The molecule has 7 nitrogen and oxygen atoms in total. The second-order valence-corrected chi connectivity index (χ2v) is 7.43. The summed E-state index contributed by atoms with van der Waals surface area (Å²) in [6, 6.07) is 0. The third-order valence-corrected chi connectivity index (χ3v) is 4.38. The summed E-state index contributed by atoms with van der Waals surface area (Å²) in [5.41, 5.74) is 0. The minimum Gasteiger partial charge on any atom is -0.463 e. The fourth-order valence-electron chi connectivity index (χ4n) is 2.44. The van der Waals surface area contributed by atoms with Gasteiger partial charge in [0.05, 0.1) is 24.9 Å². The Kier molecular flexibility index (Phi) is 19.5. The van der Waals surface area contributed by atoms with Crippen LogP contribution in [0.3, 0.4) is 0 Å². The van der Waals surface area contributed by atoms with E-state index in [1.807, 2.05) is 19.1 Å². The van der Waals surface area contributed by atoms with Gasteiger partial charge in [0.1, 0.15) is 12.7 Å². The Balaban J connectivity index is 3.85. The number of carbonyl (C=O) groups excluding carboxylic acids is 1. The zero-order valence-electron chi connectivity index (χ0n) is 19.0. The normalized spacial score (nSPS) is 16.6. The molecule has 0 bridgehead atoms. The van der Waals surface area contributed by atoms with E-state index in [1.165, 1.54) is 0 Å². The van der Waals surface area contributed by atoms with Crippen molar-refractivity contribution in [3.05, 3.63) is 60.8 Å². The predicted octanol–water partition coefficient (Wildman–Crippen LogP) is 2.50. The van der Waals surface area contributed by atoms with E-state index in [4.69, 9.17) is 14.9 Å². The van der Waals surface area contributed by atoms with Gasteiger partial charge in [0.15, 0.2) is 0 Å². The van der Waals surface area contributed by atoms with Crippen molar-refractivity contribution >= 4 is 5.97 Å². The highest BCUT2D eigenvalue weighted by molar-refractivity contribution is 5.69. The highest BCUT2D eigenvalue weighted by Crippen LogP contribution is 2.06. The van der Waals surface area contributed by atoms with Gasteiger partial charge in [0.2, 0.25) is 0 Å². The van der Waals surface area contributed by atoms with Crippen LogP contribution < -0.4 is 0 Å². The molecule has 0 spiro atoms. The summed E-state index contributed by atoms with van der Waals surface area (Å²) in [6.07, 6.45) is 18.9. The fraction of sp³-hybridized carbons (Fsp3) is 0.560. The van der Waals surface area contributed by atoms with Gasteiger partial charge in [0.25, 0.3) is 0 Å². The highest BCUT2D eigenvalue weighted by atomic mass is 16.5. The van der Waals surface area contributed by atoms with Crippen LogP contribution in [0.25, 0.3) is 0 Å². The molecule has 0 aromatic carbocycles. The molecule has 32 heavy (non-hydrogen) atoms. The average Bonchev–Trinajstić information content (AvgIpc) is 2.78. The Hall–Kier alpha value is -2.03. The lowest BCUT2D eigenvalue weighted by Gasteiger charge is -2.08. The minimum absolute atomic E-state index is 0.177. The van der Waals surface area contributed by atoms with Crippen molar-refractivity contribution in [1.82, 2.24) is 0 Å². The first kappa shape index (κ1) is 30.0. The number of aliphatic hydroxyl groups excluding tert-OH is 5. The highest BCUT2D eigenvalue weighted by Gasteiger charge is 2.07. The first-order chi connectivity index (χ1) is 15.4. The van der Waals surface area contributed by atoms with Gasteiger partial charge in [-0.25, -0.2) is 0 Å². The molecule has 0 amide bonds. The van der Waals surface area contributed by atoms with Gasteiger partial charge in [-0.1, -0.05) is 74.1 Å². The maximum Gasteiger partial charge on any atom is 0.305 e. The molecule has 0 radical (unpaired) electrons. The first-order valence-electron chi connectivity index (χ1n) is 11.2. The SMILES string of the molecule is CCC(O)/C=C/C=C\C=C\C(O)CC(O)/C=C/C=C\CCCCCC(=O)OCC(O)CO. The van der Waals surface area contributed by atoms with Gasteiger partial charge in [-0.3, -0.25) is 4.79 Å². The maximum absolute atomic E-state index is 11.4. The summed E-state index contributed by atoms with van der Waals surface area (Å²) in [6.45, 7) is 1.29. The van der Waals surface area contributed by atoms with Crippen LogP contribution in [0.4, 0.5) is 0 Å². The standard InChI is InChI=1S/C25H40O7/c1-2-21(27)14-10-8-9-12-16-23(29)18-22(28)15-11-6-4-3-5-7-13-17-25(31)32-20-24(30)19-26/h4,6,8-12,14-16,21-24,26-30H,2-3,5,7,13,17-20H2,1H3/b6-4-,9-8-,14-10+,15-11+,16-12+. The van der Waals surface area contributed by atoms with Crippen LogP contribution in [-0.2, 0) is 9.53 Å². The van der Waals surface area contributed by atoms with Gasteiger partial charge in [-0.05, 0) is 25.7 Å². The molecule has 0 fully saturated rings. The van der Waals surface area contributed by atoms with Crippen molar-refractivity contribution < 1.29 is 35.1 Å². The van der Waals surface area contributed by atoms with Crippen LogP contribution in [0.5, 0.6) is 0 Å². The molecule has 7 heteroatoms. The number of hydrogen-bond acceptors (Lipinski definition) is 7. The number of unbranched alkanes of at least 4 members (excludes halogenated alkanes) is 3. The van der Waals surface area contributed by atoms with Crippen molar-refractivity contribution in [3.63, 3.8) is 0 Å². The monoisotopic (exact) mass is 452 g/mol. The quantitative estimate of drug-likeness (QED) is 0.123. The number of ether oxygens (including phenoxy) is 1. The van der Waals surface area contributed by atoms with Gasteiger partial charge in [-0.2, -0.15) is 0 Å². The van der Waals surface area contributed by atoms with Crippen molar-refractivity contribution in [2.24, 2.45) is 0 Å². The maximum atomic E-state index is 11.4. The Morgan fingerprint density at radius 1 is 0.812 bits per heavy atom.